The molecule has 4 atom stereocenters. The van der Waals surface area contributed by atoms with E-state index in [0.29, 0.717) is 16.5 Å². The molecule has 16 nitrogen and oxygen atoms in total. The SMILES string of the molecule is NC(=O)CC(N)C(=O)NC(CC(=O)O)C(=O)NC(Cc1c[nH]c2ccccc12)C(=O)NC(CCC(=O)O)C(=O)O. The van der Waals surface area contributed by atoms with Crippen molar-refractivity contribution in [1.29, 1.82) is 0 Å². The first-order valence-electron chi connectivity index (χ1n) is 11.9. The lowest BCUT2D eigenvalue weighted by Crippen LogP contribution is -2.58. The van der Waals surface area contributed by atoms with Crippen molar-refractivity contribution in [1.82, 2.24) is 20.9 Å². The Morgan fingerprint density at radius 2 is 1.40 bits per heavy atom. The van der Waals surface area contributed by atoms with Gasteiger partial charge in [-0.3, -0.25) is 28.8 Å². The van der Waals surface area contributed by atoms with Gasteiger partial charge in [0, 0.05) is 29.9 Å². The van der Waals surface area contributed by atoms with Crippen molar-refractivity contribution in [3.8, 4) is 0 Å². The van der Waals surface area contributed by atoms with Gasteiger partial charge >= 0.3 is 17.9 Å². The van der Waals surface area contributed by atoms with Crippen LogP contribution in [0.15, 0.2) is 30.5 Å². The van der Waals surface area contributed by atoms with E-state index in [4.69, 9.17) is 16.6 Å². The fraction of sp³-hybridized carbons (Fsp3) is 0.375. The van der Waals surface area contributed by atoms with Crippen LogP contribution in [0.25, 0.3) is 10.9 Å². The van der Waals surface area contributed by atoms with Crippen molar-refractivity contribution >= 4 is 52.4 Å². The number of carbonyl (C=O) groups is 7. The molecule has 0 aliphatic carbocycles. The second kappa shape index (κ2) is 14.2. The number of H-pyrrole nitrogens is 1. The number of benzene rings is 1. The van der Waals surface area contributed by atoms with Crippen LogP contribution in [0.4, 0.5) is 0 Å². The fourth-order valence-electron chi connectivity index (χ4n) is 3.77. The summed E-state index contributed by atoms with van der Waals surface area (Å²) in [6.45, 7) is 0. The van der Waals surface area contributed by atoms with E-state index in [9.17, 15) is 43.8 Å². The number of nitrogens with two attached hydrogens (primary N) is 2. The number of rotatable bonds is 16. The van der Waals surface area contributed by atoms with Crippen LogP contribution in [0, 0.1) is 0 Å². The highest BCUT2D eigenvalue weighted by atomic mass is 16.4. The smallest absolute Gasteiger partial charge is 0.326 e. The molecule has 1 aromatic carbocycles. The van der Waals surface area contributed by atoms with Gasteiger partial charge in [-0.15, -0.1) is 0 Å². The van der Waals surface area contributed by atoms with Crippen LogP contribution >= 0.6 is 0 Å². The van der Waals surface area contributed by atoms with Crippen molar-refractivity contribution in [2.75, 3.05) is 0 Å². The molecule has 0 spiro atoms. The van der Waals surface area contributed by atoms with Gasteiger partial charge in [0.2, 0.25) is 23.6 Å². The highest BCUT2D eigenvalue weighted by Gasteiger charge is 2.32. The molecule has 2 aromatic rings. The summed E-state index contributed by atoms with van der Waals surface area (Å²) in [5, 5.41) is 34.9. The lowest BCUT2D eigenvalue weighted by atomic mass is 10.0. The number of aromatic nitrogens is 1. The lowest BCUT2D eigenvalue weighted by molar-refractivity contribution is -0.144. The van der Waals surface area contributed by atoms with Crippen molar-refractivity contribution in [3.05, 3.63) is 36.0 Å². The summed E-state index contributed by atoms with van der Waals surface area (Å²) in [5.41, 5.74) is 11.8. The quantitative estimate of drug-likeness (QED) is 0.106. The van der Waals surface area contributed by atoms with Gasteiger partial charge in [0.1, 0.15) is 18.1 Å². The molecule has 0 bridgehead atoms. The van der Waals surface area contributed by atoms with Crippen LogP contribution in [0.5, 0.6) is 0 Å². The predicted molar refractivity (Wildman–Crippen MR) is 136 cm³/mol. The van der Waals surface area contributed by atoms with E-state index >= 15 is 0 Å². The Kier molecular flexibility index (Phi) is 11.1. The number of hydrogen-bond donors (Lipinski definition) is 9. The predicted octanol–water partition coefficient (Wildman–Crippen LogP) is -2.21. The van der Waals surface area contributed by atoms with E-state index in [1.165, 1.54) is 0 Å². The summed E-state index contributed by atoms with van der Waals surface area (Å²) in [5.74, 6) is -8.34. The van der Waals surface area contributed by atoms with Crippen LogP contribution in [-0.2, 0) is 40.0 Å². The van der Waals surface area contributed by atoms with Gasteiger partial charge in [-0.05, 0) is 18.1 Å². The number of primary amides is 1. The molecule has 1 heterocycles. The molecule has 0 aliphatic rings. The van der Waals surface area contributed by atoms with Gasteiger partial charge in [0.15, 0.2) is 0 Å². The molecule has 0 radical (unpaired) electrons. The van der Waals surface area contributed by atoms with Crippen LogP contribution in [0.2, 0.25) is 0 Å². The van der Waals surface area contributed by atoms with Crippen molar-refractivity contribution in [2.45, 2.75) is 56.3 Å². The molecule has 0 saturated heterocycles. The van der Waals surface area contributed by atoms with Crippen molar-refractivity contribution < 1.29 is 48.9 Å². The molecule has 2 rings (SSSR count). The first-order chi connectivity index (χ1) is 18.8. The second-order valence-electron chi connectivity index (χ2n) is 8.89. The molecule has 4 amide bonds. The molecule has 0 fully saturated rings. The largest absolute Gasteiger partial charge is 0.481 e. The first-order valence-corrected chi connectivity index (χ1v) is 11.9. The Labute approximate surface area is 226 Å². The van der Waals surface area contributed by atoms with Crippen LogP contribution in [0.1, 0.15) is 31.2 Å². The van der Waals surface area contributed by atoms with Gasteiger partial charge in [-0.25, -0.2) is 4.79 Å². The maximum atomic E-state index is 13.2. The zero-order chi connectivity index (χ0) is 30.0. The molecule has 0 aliphatic heterocycles. The molecule has 4 unspecified atom stereocenters. The summed E-state index contributed by atoms with van der Waals surface area (Å²) in [6, 6.07) is 0.690. The maximum Gasteiger partial charge on any atom is 0.326 e. The standard InChI is InChI=1S/C24H30N6O10/c25-13(8-18(26)31)21(36)29-17(9-20(34)35)23(38)30-16(7-11-10-27-14-4-2-1-3-12(11)14)22(37)28-15(24(39)40)5-6-19(32)33/h1-4,10,13,15-17,27H,5-9,25H2,(H2,26,31)(H,28,37)(H,29,36)(H,30,38)(H,32,33)(H,34,35)(H,39,40). The molecule has 16 heteroatoms. The summed E-state index contributed by atoms with van der Waals surface area (Å²) < 4.78 is 0. The number of carboxylic acid groups (broad SMARTS) is 3. The first kappa shape index (κ1) is 31.2. The van der Waals surface area contributed by atoms with Crippen LogP contribution in [-0.4, -0.2) is 86.0 Å². The number of nitrogens with one attached hydrogen (secondary N) is 4. The average Bonchev–Trinajstić information content (AvgIpc) is 3.27. The summed E-state index contributed by atoms with van der Waals surface area (Å²) >= 11 is 0. The third kappa shape index (κ3) is 9.39. The Morgan fingerprint density at radius 1 is 0.800 bits per heavy atom. The number of fused-ring (bicyclic) bond motifs is 1. The monoisotopic (exact) mass is 562 g/mol. The van der Waals surface area contributed by atoms with Crippen LogP contribution < -0.4 is 27.4 Å². The molecule has 40 heavy (non-hydrogen) atoms. The van der Waals surface area contributed by atoms with Gasteiger partial charge in [-0.2, -0.15) is 0 Å². The molecular formula is C24H30N6O10. The van der Waals surface area contributed by atoms with Crippen LogP contribution in [0.3, 0.4) is 0 Å². The fourth-order valence-corrected chi connectivity index (χ4v) is 3.77. The van der Waals surface area contributed by atoms with E-state index in [0.717, 1.165) is 0 Å². The third-order valence-electron chi connectivity index (χ3n) is 5.76. The van der Waals surface area contributed by atoms with E-state index in [-0.39, 0.29) is 6.42 Å². The number of carbonyl (C=O) groups excluding carboxylic acids is 4. The van der Waals surface area contributed by atoms with Gasteiger partial charge in [0.25, 0.3) is 0 Å². The van der Waals surface area contributed by atoms with E-state index < -0.39 is 91.4 Å². The lowest BCUT2D eigenvalue weighted by Gasteiger charge is -2.24. The van der Waals surface area contributed by atoms with Crippen molar-refractivity contribution in [3.63, 3.8) is 0 Å². The third-order valence-corrected chi connectivity index (χ3v) is 5.76. The number of carboxylic acids is 3. The normalized spacial score (nSPS) is 13.8. The van der Waals surface area contributed by atoms with E-state index in [1.54, 1.807) is 30.5 Å². The van der Waals surface area contributed by atoms with E-state index in [2.05, 4.69) is 20.9 Å². The van der Waals surface area contributed by atoms with Gasteiger partial charge < -0.3 is 47.7 Å². The zero-order valence-corrected chi connectivity index (χ0v) is 21.1. The highest BCUT2D eigenvalue weighted by Crippen LogP contribution is 2.19. The number of hydrogen-bond acceptors (Lipinski definition) is 8. The minimum Gasteiger partial charge on any atom is -0.481 e. The average molecular weight is 563 g/mol. The molecule has 216 valence electrons. The Hall–Kier alpha value is -4.99. The van der Waals surface area contributed by atoms with Gasteiger partial charge in [-0.1, -0.05) is 18.2 Å². The highest BCUT2D eigenvalue weighted by molar-refractivity contribution is 5.97. The zero-order valence-electron chi connectivity index (χ0n) is 21.1. The van der Waals surface area contributed by atoms with Gasteiger partial charge in [0.05, 0.1) is 18.9 Å². The number of aliphatic carboxylic acids is 3. The second-order valence-corrected chi connectivity index (χ2v) is 8.89. The molecule has 1 aromatic heterocycles. The number of aromatic amines is 1. The number of para-hydroxylation sites is 1. The minimum atomic E-state index is -1.73. The topological polar surface area (TPSA) is 284 Å². The molecule has 11 N–H and O–H groups in total. The Morgan fingerprint density at radius 3 is 2.00 bits per heavy atom. The molecular weight excluding hydrogens is 532 g/mol. The summed E-state index contributed by atoms with van der Waals surface area (Å²) in [6.07, 6.45) is -1.13. The van der Waals surface area contributed by atoms with E-state index in [1.807, 2.05) is 0 Å². The minimum absolute atomic E-state index is 0.193. The maximum absolute atomic E-state index is 13.2. The molecule has 0 saturated carbocycles. The summed E-state index contributed by atoms with van der Waals surface area (Å²) in [4.78, 5) is 86.6. The Bertz CT molecular complexity index is 1290. The van der Waals surface area contributed by atoms with Crippen molar-refractivity contribution in [2.24, 2.45) is 11.5 Å². The Balaban J connectivity index is 2.33. The summed E-state index contributed by atoms with van der Waals surface area (Å²) in [7, 11) is 0. The number of amides is 4.